The number of rotatable bonds is 5. The monoisotopic (exact) mass is 290 g/mol. The van der Waals surface area contributed by atoms with Crippen molar-refractivity contribution in [3.05, 3.63) is 59.7 Å². The summed E-state index contributed by atoms with van der Waals surface area (Å²) in [5.74, 6) is -1.12. The lowest BCUT2D eigenvalue weighted by Gasteiger charge is -2.24. The summed E-state index contributed by atoms with van der Waals surface area (Å²) in [5, 5.41) is 0. The normalized spacial score (nSPS) is 12.2. The maximum atomic E-state index is 14.4. The van der Waals surface area contributed by atoms with E-state index in [-0.39, 0.29) is 11.7 Å². The van der Waals surface area contributed by atoms with Gasteiger partial charge in [-0.25, -0.2) is 8.78 Å². The molecule has 0 spiro atoms. The van der Waals surface area contributed by atoms with Gasteiger partial charge in [-0.15, -0.1) is 0 Å². The minimum absolute atomic E-state index is 0.0166. The van der Waals surface area contributed by atoms with Crippen LogP contribution >= 0.6 is 0 Å². The van der Waals surface area contributed by atoms with Crippen LogP contribution in [0.4, 0.5) is 20.2 Å². The molecular formula is C17H20F2N2. The van der Waals surface area contributed by atoms with E-state index in [0.29, 0.717) is 18.5 Å². The smallest absolute Gasteiger partial charge is 0.150 e. The molecule has 0 fully saturated rings. The van der Waals surface area contributed by atoms with Crippen molar-refractivity contribution in [2.24, 2.45) is 5.73 Å². The molecule has 2 aromatic carbocycles. The number of benzene rings is 2. The molecule has 0 saturated carbocycles. The number of para-hydroxylation sites is 1. The van der Waals surface area contributed by atoms with Crippen molar-refractivity contribution < 1.29 is 8.78 Å². The molecule has 0 aliphatic heterocycles. The maximum absolute atomic E-state index is 14.4. The fraction of sp³-hybridized carbons (Fsp3) is 0.294. The van der Waals surface area contributed by atoms with Crippen LogP contribution in [0.15, 0.2) is 42.5 Å². The van der Waals surface area contributed by atoms with Crippen LogP contribution in [0, 0.1) is 11.6 Å². The molecule has 1 unspecified atom stereocenters. The molecule has 0 aliphatic carbocycles. The van der Waals surface area contributed by atoms with E-state index < -0.39 is 11.6 Å². The fourth-order valence-electron chi connectivity index (χ4n) is 2.44. The van der Waals surface area contributed by atoms with E-state index in [1.165, 1.54) is 12.1 Å². The van der Waals surface area contributed by atoms with E-state index in [0.717, 1.165) is 5.69 Å². The summed E-state index contributed by atoms with van der Waals surface area (Å²) in [7, 11) is 0. The summed E-state index contributed by atoms with van der Waals surface area (Å²) in [6.45, 7) is 4.15. The highest BCUT2D eigenvalue weighted by Crippen LogP contribution is 2.31. The molecule has 2 rings (SSSR count). The first-order chi connectivity index (χ1) is 10.0. The van der Waals surface area contributed by atoms with Gasteiger partial charge in [-0.2, -0.15) is 0 Å². The third-order valence-electron chi connectivity index (χ3n) is 3.29. The summed E-state index contributed by atoms with van der Waals surface area (Å²) in [5.41, 5.74) is 7.01. The zero-order valence-corrected chi connectivity index (χ0v) is 12.3. The second-order valence-electron chi connectivity index (χ2n) is 5.17. The molecule has 0 amide bonds. The maximum Gasteiger partial charge on any atom is 0.150 e. The Morgan fingerprint density at radius 2 is 1.67 bits per heavy atom. The number of nitrogens with zero attached hydrogens (tertiary/aromatic N) is 1. The van der Waals surface area contributed by atoms with Crippen LogP contribution < -0.4 is 10.6 Å². The van der Waals surface area contributed by atoms with Gasteiger partial charge in [0.15, 0.2) is 0 Å². The molecule has 1 atom stereocenters. The van der Waals surface area contributed by atoms with E-state index in [1.807, 2.05) is 44.2 Å². The molecule has 2 N–H and O–H groups in total. The van der Waals surface area contributed by atoms with Gasteiger partial charge in [-0.3, -0.25) is 0 Å². The summed E-state index contributed by atoms with van der Waals surface area (Å²) >= 11 is 0. The largest absolute Gasteiger partial charge is 0.337 e. The molecule has 0 heterocycles. The first kappa shape index (κ1) is 15.4. The average Bonchev–Trinajstić information content (AvgIpc) is 2.43. The predicted molar refractivity (Wildman–Crippen MR) is 82.8 cm³/mol. The van der Waals surface area contributed by atoms with Crippen molar-refractivity contribution >= 4 is 11.4 Å². The van der Waals surface area contributed by atoms with Crippen LogP contribution in [-0.2, 0) is 6.42 Å². The van der Waals surface area contributed by atoms with Crippen molar-refractivity contribution in [3.63, 3.8) is 0 Å². The SMILES string of the molecule is CCN(c1ccccc1)c1c(F)cc(CC(C)N)cc1F. The van der Waals surface area contributed by atoms with Gasteiger partial charge < -0.3 is 10.6 Å². The predicted octanol–water partition coefficient (Wildman–Crippen LogP) is 4.01. The molecule has 0 bridgehead atoms. The van der Waals surface area contributed by atoms with Crippen molar-refractivity contribution in [1.82, 2.24) is 0 Å². The van der Waals surface area contributed by atoms with Crippen molar-refractivity contribution in [1.29, 1.82) is 0 Å². The van der Waals surface area contributed by atoms with Gasteiger partial charge in [0.25, 0.3) is 0 Å². The number of nitrogens with two attached hydrogens (primary N) is 1. The third-order valence-corrected chi connectivity index (χ3v) is 3.29. The van der Waals surface area contributed by atoms with E-state index in [9.17, 15) is 8.78 Å². The molecule has 2 nitrogen and oxygen atoms in total. The van der Waals surface area contributed by atoms with Crippen LogP contribution in [0.1, 0.15) is 19.4 Å². The van der Waals surface area contributed by atoms with Gasteiger partial charge in [-0.1, -0.05) is 18.2 Å². The topological polar surface area (TPSA) is 29.3 Å². The van der Waals surface area contributed by atoms with Gasteiger partial charge in [0.2, 0.25) is 0 Å². The minimum atomic E-state index is -0.559. The number of hydrogen-bond acceptors (Lipinski definition) is 2. The van der Waals surface area contributed by atoms with Crippen LogP contribution in [-0.4, -0.2) is 12.6 Å². The Balaban J connectivity index is 2.43. The van der Waals surface area contributed by atoms with Gasteiger partial charge in [0.05, 0.1) is 0 Å². The van der Waals surface area contributed by atoms with Crippen LogP contribution in [0.3, 0.4) is 0 Å². The number of anilines is 2. The fourth-order valence-corrected chi connectivity index (χ4v) is 2.44. The third kappa shape index (κ3) is 3.58. The Labute approximate surface area is 124 Å². The molecule has 0 aromatic heterocycles. The first-order valence-electron chi connectivity index (χ1n) is 7.09. The Kier molecular flexibility index (Phi) is 4.91. The van der Waals surface area contributed by atoms with E-state index in [1.54, 1.807) is 4.90 Å². The van der Waals surface area contributed by atoms with Gasteiger partial charge >= 0.3 is 0 Å². The molecule has 0 saturated heterocycles. The number of hydrogen-bond donors (Lipinski definition) is 1. The van der Waals surface area contributed by atoms with E-state index >= 15 is 0 Å². The van der Waals surface area contributed by atoms with Gasteiger partial charge in [0, 0.05) is 18.3 Å². The van der Waals surface area contributed by atoms with Crippen LogP contribution in [0.5, 0.6) is 0 Å². The standard InChI is InChI=1S/C17H20F2N2/c1-3-21(14-7-5-4-6-8-14)17-15(18)10-13(9-12(2)20)11-16(17)19/h4-8,10-12H,3,9,20H2,1-2H3. The highest BCUT2D eigenvalue weighted by molar-refractivity contribution is 5.64. The van der Waals surface area contributed by atoms with Crippen molar-refractivity contribution in [2.75, 3.05) is 11.4 Å². The molecule has 2 aromatic rings. The Hall–Kier alpha value is -1.94. The lowest BCUT2D eigenvalue weighted by atomic mass is 10.1. The lowest BCUT2D eigenvalue weighted by Crippen LogP contribution is -2.21. The summed E-state index contributed by atoms with van der Waals surface area (Å²) in [6.07, 6.45) is 0.450. The van der Waals surface area contributed by atoms with Gasteiger partial charge in [0.1, 0.15) is 17.3 Å². The van der Waals surface area contributed by atoms with Crippen LogP contribution in [0.2, 0.25) is 0 Å². The Morgan fingerprint density at radius 3 is 2.14 bits per heavy atom. The summed E-state index contributed by atoms with van der Waals surface area (Å²) in [4.78, 5) is 1.63. The highest BCUT2D eigenvalue weighted by Gasteiger charge is 2.18. The summed E-state index contributed by atoms with van der Waals surface area (Å²) in [6, 6.07) is 11.8. The molecule has 21 heavy (non-hydrogen) atoms. The zero-order valence-electron chi connectivity index (χ0n) is 12.3. The van der Waals surface area contributed by atoms with Crippen LogP contribution in [0.25, 0.3) is 0 Å². The average molecular weight is 290 g/mol. The Bertz CT molecular complexity index is 574. The van der Waals surface area contributed by atoms with E-state index in [4.69, 9.17) is 5.73 Å². The zero-order chi connectivity index (χ0) is 15.4. The molecule has 112 valence electrons. The second-order valence-corrected chi connectivity index (χ2v) is 5.17. The van der Waals surface area contributed by atoms with Crippen molar-refractivity contribution in [3.8, 4) is 0 Å². The van der Waals surface area contributed by atoms with Gasteiger partial charge in [-0.05, 0) is 50.1 Å². The highest BCUT2D eigenvalue weighted by atomic mass is 19.1. The Morgan fingerprint density at radius 1 is 1.10 bits per heavy atom. The molecular weight excluding hydrogens is 270 g/mol. The van der Waals surface area contributed by atoms with E-state index in [2.05, 4.69) is 0 Å². The van der Waals surface area contributed by atoms with Crippen molar-refractivity contribution in [2.45, 2.75) is 26.3 Å². The number of halogens is 2. The molecule has 4 heteroatoms. The molecule has 0 radical (unpaired) electrons. The minimum Gasteiger partial charge on any atom is -0.337 e. The second kappa shape index (κ2) is 6.68. The molecule has 0 aliphatic rings. The first-order valence-corrected chi connectivity index (χ1v) is 7.09. The summed E-state index contributed by atoms with van der Waals surface area (Å²) < 4.78 is 28.7. The quantitative estimate of drug-likeness (QED) is 0.901. The lowest BCUT2D eigenvalue weighted by molar-refractivity contribution is 0.575.